The molecule has 0 unspecified atom stereocenters. The number of carboxylic acids is 2. The van der Waals surface area contributed by atoms with Crippen molar-refractivity contribution in [2.75, 3.05) is 0 Å². The number of carboxylic acid groups (broad SMARTS) is 2. The molecule has 3 heterocycles. The van der Waals surface area contributed by atoms with Gasteiger partial charge in [0.1, 0.15) is 10.9 Å². The molecule has 0 spiro atoms. The van der Waals surface area contributed by atoms with E-state index in [-0.39, 0.29) is 0 Å². The minimum atomic E-state index is -1.26. The molecule has 0 radical (unpaired) electrons. The average molecular weight is 361 g/mol. The Morgan fingerprint density at radius 1 is 1.04 bits per heavy atom. The number of imidazole rings is 2. The highest BCUT2D eigenvalue weighted by Gasteiger charge is 2.06. The molecule has 0 aliphatic carbocycles. The zero-order valence-electron chi connectivity index (χ0n) is 13.2. The summed E-state index contributed by atoms with van der Waals surface area (Å²) in [6.45, 7) is 0. The van der Waals surface area contributed by atoms with E-state index in [0.29, 0.717) is 12.2 Å². The number of aryl methyl sites for hydroxylation is 1. The number of hydrogen-bond donors (Lipinski definition) is 2. The second-order valence-electron chi connectivity index (χ2n) is 4.64. The van der Waals surface area contributed by atoms with Crippen molar-refractivity contribution in [3.05, 3.63) is 55.2 Å². The third kappa shape index (κ3) is 5.46. The molecule has 0 aromatic carbocycles. The van der Waals surface area contributed by atoms with Crippen molar-refractivity contribution in [3.8, 4) is 0 Å². The monoisotopic (exact) mass is 361 g/mol. The van der Waals surface area contributed by atoms with E-state index in [4.69, 9.17) is 10.2 Å². The summed E-state index contributed by atoms with van der Waals surface area (Å²) in [4.78, 5) is 32.0. The zero-order valence-corrected chi connectivity index (χ0v) is 14.0. The van der Waals surface area contributed by atoms with Gasteiger partial charge in [0.15, 0.2) is 5.65 Å². The maximum atomic E-state index is 9.55. The van der Waals surface area contributed by atoms with Crippen molar-refractivity contribution in [1.82, 2.24) is 23.9 Å². The fourth-order valence-electron chi connectivity index (χ4n) is 1.74. The van der Waals surface area contributed by atoms with Crippen LogP contribution in [-0.2, 0) is 22.4 Å². The number of fused-ring (bicyclic) bond motifs is 1. The quantitative estimate of drug-likeness (QED) is 0.517. The lowest BCUT2D eigenvalue weighted by atomic mass is 10.5. The predicted octanol–water partition coefficient (Wildman–Crippen LogP) is 1.47. The highest BCUT2D eigenvalue weighted by atomic mass is 32.2. The van der Waals surface area contributed by atoms with E-state index in [1.807, 2.05) is 34.6 Å². The SMILES string of the molecule is Cn1ccnc1CSc1nccn2ccnc12.O=C(O)C=CC(=O)O. The second kappa shape index (κ2) is 8.64. The first-order chi connectivity index (χ1) is 12.0. The predicted molar refractivity (Wildman–Crippen MR) is 90.2 cm³/mol. The smallest absolute Gasteiger partial charge is 0.328 e. The Balaban J connectivity index is 0.000000242. The number of rotatable bonds is 5. The van der Waals surface area contributed by atoms with Gasteiger partial charge < -0.3 is 19.2 Å². The Morgan fingerprint density at radius 3 is 2.20 bits per heavy atom. The largest absolute Gasteiger partial charge is 0.478 e. The molecule has 0 atom stereocenters. The molecule has 3 rings (SSSR count). The molecule has 0 aliphatic heterocycles. The Labute approximate surface area is 146 Å². The van der Waals surface area contributed by atoms with Crippen LogP contribution in [0.3, 0.4) is 0 Å². The first-order valence-corrected chi connectivity index (χ1v) is 7.96. The summed E-state index contributed by atoms with van der Waals surface area (Å²) in [5.74, 6) is -0.687. The second-order valence-corrected chi connectivity index (χ2v) is 5.61. The Bertz CT molecular complexity index is 886. The van der Waals surface area contributed by atoms with Crippen LogP contribution in [0.15, 0.2) is 54.4 Å². The Morgan fingerprint density at radius 2 is 1.64 bits per heavy atom. The molecule has 130 valence electrons. The number of thioether (sulfide) groups is 1. The molecule has 3 aromatic rings. The van der Waals surface area contributed by atoms with Crippen molar-refractivity contribution >= 4 is 29.3 Å². The van der Waals surface area contributed by atoms with Gasteiger partial charge in [-0.1, -0.05) is 11.8 Å². The van der Waals surface area contributed by atoms with Gasteiger partial charge >= 0.3 is 11.9 Å². The fraction of sp³-hybridized carbons (Fsp3) is 0.133. The molecular weight excluding hydrogens is 346 g/mol. The third-order valence-electron chi connectivity index (χ3n) is 2.91. The van der Waals surface area contributed by atoms with Crippen LogP contribution in [0.25, 0.3) is 5.65 Å². The van der Waals surface area contributed by atoms with Crippen LogP contribution in [-0.4, -0.2) is 46.1 Å². The van der Waals surface area contributed by atoms with Crippen LogP contribution >= 0.6 is 11.8 Å². The van der Waals surface area contributed by atoms with Crippen molar-refractivity contribution in [1.29, 1.82) is 0 Å². The number of hydrogen-bond acceptors (Lipinski definition) is 6. The van der Waals surface area contributed by atoms with Crippen molar-refractivity contribution < 1.29 is 19.8 Å². The molecule has 2 N–H and O–H groups in total. The van der Waals surface area contributed by atoms with E-state index in [2.05, 4.69) is 15.0 Å². The summed E-state index contributed by atoms with van der Waals surface area (Å²) in [5.41, 5.74) is 0.895. The molecular formula is C15H15N5O4S. The Kier molecular flexibility index (Phi) is 6.29. The lowest BCUT2D eigenvalue weighted by Gasteiger charge is -2.02. The van der Waals surface area contributed by atoms with E-state index in [9.17, 15) is 9.59 Å². The van der Waals surface area contributed by atoms with Crippen LogP contribution in [0.5, 0.6) is 0 Å². The standard InChI is InChI=1S/C11H11N5S.C4H4O4/c1-15-5-2-12-9(15)8-17-11-10-13-3-6-16(10)7-4-14-11;5-3(6)1-2-4(7)8/h2-7H,8H2,1H3;1-2H,(H,5,6)(H,7,8). The van der Waals surface area contributed by atoms with E-state index in [1.54, 1.807) is 30.4 Å². The van der Waals surface area contributed by atoms with Crippen LogP contribution < -0.4 is 0 Å². The molecule has 9 nitrogen and oxygen atoms in total. The molecule has 3 aromatic heterocycles. The van der Waals surface area contributed by atoms with E-state index in [1.165, 1.54) is 0 Å². The molecule has 0 aliphatic rings. The van der Waals surface area contributed by atoms with Gasteiger partial charge in [0.05, 0.1) is 5.75 Å². The summed E-state index contributed by atoms with van der Waals surface area (Å²) in [7, 11) is 1.99. The number of carbonyl (C=O) groups is 2. The van der Waals surface area contributed by atoms with Crippen LogP contribution in [0.4, 0.5) is 0 Å². The van der Waals surface area contributed by atoms with Crippen LogP contribution in [0.1, 0.15) is 5.82 Å². The number of aromatic nitrogens is 5. The van der Waals surface area contributed by atoms with Crippen LogP contribution in [0.2, 0.25) is 0 Å². The molecule has 0 amide bonds. The van der Waals surface area contributed by atoms with E-state index < -0.39 is 11.9 Å². The van der Waals surface area contributed by atoms with Gasteiger partial charge in [0.25, 0.3) is 0 Å². The minimum Gasteiger partial charge on any atom is -0.478 e. The summed E-state index contributed by atoms with van der Waals surface area (Å²) in [6.07, 6.45) is 12.2. The lowest BCUT2D eigenvalue weighted by molar-refractivity contribution is -0.134. The summed E-state index contributed by atoms with van der Waals surface area (Å²) < 4.78 is 3.98. The summed E-state index contributed by atoms with van der Waals surface area (Å²) in [5, 5.41) is 16.6. The number of aliphatic carboxylic acids is 2. The lowest BCUT2D eigenvalue weighted by Crippen LogP contribution is -1.96. The highest BCUT2D eigenvalue weighted by Crippen LogP contribution is 2.22. The average Bonchev–Trinajstić information content (AvgIpc) is 3.20. The summed E-state index contributed by atoms with van der Waals surface area (Å²) >= 11 is 1.65. The topological polar surface area (TPSA) is 123 Å². The minimum absolute atomic E-state index is 0.558. The van der Waals surface area contributed by atoms with Gasteiger partial charge in [0.2, 0.25) is 0 Å². The summed E-state index contributed by atoms with van der Waals surface area (Å²) in [6, 6.07) is 0. The molecule has 25 heavy (non-hydrogen) atoms. The highest BCUT2D eigenvalue weighted by molar-refractivity contribution is 7.98. The van der Waals surface area contributed by atoms with Crippen molar-refractivity contribution in [2.45, 2.75) is 10.8 Å². The first-order valence-electron chi connectivity index (χ1n) is 6.98. The Hall–Kier alpha value is -3.14. The third-order valence-corrected chi connectivity index (χ3v) is 3.87. The van der Waals surface area contributed by atoms with Gasteiger partial charge in [0, 0.05) is 56.4 Å². The maximum Gasteiger partial charge on any atom is 0.328 e. The van der Waals surface area contributed by atoms with Crippen molar-refractivity contribution in [2.24, 2.45) is 7.05 Å². The van der Waals surface area contributed by atoms with Gasteiger partial charge in [-0.25, -0.2) is 24.5 Å². The van der Waals surface area contributed by atoms with Gasteiger partial charge in [-0.05, 0) is 0 Å². The van der Waals surface area contributed by atoms with Crippen molar-refractivity contribution in [3.63, 3.8) is 0 Å². The van der Waals surface area contributed by atoms with Gasteiger partial charge in [-0.15, -0.1) is 0 Å². The van der Waals surface area contributed by atoms with E-state index in [0.717, 1.165) is 22.3 Å². The molecule has 0 saturated carbocycles. The normalized spacial score (nSPS) is 10.6. The zero-order chi connectivity index (χ0) is 18.2. The maximum absolute atomic E-state index is 9.55. The fourth-order valence-corrected chi connectivity index (χ4v) is 2.71. The molecule has 0 saturated heterocycles. The molecule has 0 bridgehead atoms. The van der Waals surface area contributed by atoms with E-state index >= 15 is 0 Å². The number of nitrogens with zero attached hydrogens (tertiary/aromatic N) is 5. The van der Waals surface area contributed by atoms with Gasteiger partial charge in [-0.3, -0.25) is 0 Å². The molecule has 0 fully saturated rings. The van der Waals surface area contributed by atoms with Gasteiger partial charge in [-0.2, -0.15) is 0 Å². The van der Waals surface area contributed by atoms with Crippen LogP contribution in [0, 0.1) is 0 Å². The first kappa shape index (κ1) is 18.2. The molecule has 10 heteroatoms.